The van der Waals surface area contributed by atoms with E-state index in [1.165, 1.54) is 0 Å². The lowest BCUT2D eigenvalue weighted by atomic mass is 10.1. The largest absolute Gasteiger partial charge is 0.399 e. The van der Waals surface area contributed by atoms with Crippen molar-refractivity contribution in [1.82, 2.24) is 0 Å². The van der Waals surface area contributed by atoms with Gasteiger partial charge < -0.3 is 15.6 Å². The summed E-state index contributed by atoms with van der Waals surface area (Å²) in [6.07, 6.45) is 5.60. The van der Waals surface area contributed by atoms with Crippen molar-refractivity contribution in [3.8, 4) is 0 Å². The van der Waals surface area contributed by atoms with Crippen LogP contribution in [0.3, 0.4) is 0 Å². The fourth-order valence-electron chi connectivity index (χ4n) is 1.38. The van der Waals surface area contributed by atoms with Gasteiger partial charge >= 0.3 is 0 Å². The van der Waals surface area contributed by atoms with E-state index in [0.29, 0.717) is 6.61 Å². The molecule has 1 unspecified atom stereocenters. The van der Waals surface area contributed by atoms with Crippen molar-refractivity contribution in [2.45, 2.75) is 32.5 Å². The summed E-state index contributed by atoms with van der Waals surface area (Å²) in [6.45, 7) is 2.69. The molecule has 1 aromatic carbocycles. The van der Waals surface area contributed by atoms with E-state index in [0.717, 1.165) is 30.5 Å². The van der Waals surface area contributed by atoms with Crippen LogP contribution in [-0.2, 0) is 11.2 Å². The zero-order valence-corrected chi connectivity index (χ0v) is 10.3. The van der Waals surface area contributed by atoms with Crippen LogP contribution in [0.5, 0.6) is 0 Å². The van der Waals surface area contributed by atoms with E-state index in [-0.39, 0.29) is 0 Å². The van der Waals surface area contributed by atoms with Gasteiger partial charge in [-0.3, -0.25) is 0 Å². The number of anilines is 1. The first-order valence-electron chi connectivity index (χ1n) is 6.03. The predicted molar refractivity (Wildman–Crippen MR) is 70.6 cm³/mol. The monoisotopic (exact) mass is 235 g/mol. The predicted octanol–water partition coefficient (Wildman–Crippen LogP) is 2.50. The minimum absolute atomic E-state index is 0.601. The van der Waals surface area contributed by atoms with E-state index in [4.69, 9.17) is 10.5 Å². The second-order valence-electron chi connectivity index (χ2n) is 3.99. The molecular weight excluding hydrogens is 214 g/mol. The summed E-state index contributed by atoms with van der Waals surface area (Å²) in [7, 11) is 0. The first-order valence-corrected chi connectivity index (χ1v) is 6.03. The second kappa shape index (κ2) is 7.87. The smallest absolute Gasteiger partial charge is 0.174 e. The van der Waals surface area contributed by atoms with Gasteiger partial charge in [0.15, 0.2) is 6.29 Å². The molecule has 0 fully saturated rings. The minimum Gasteiger partial charge on any atom is -0.399 e. The molecule has 1 aromatic rings. The molecule has 0 saturated heterocycles. The van der Waals surface area contributed by atoms with E-state index in [9.17, 15) is 5.11 Å². The maximum atomic E-state index is 9.47. The number of ether oxygens (including phenoxy) is 1. The van der Waals surface area contributed by atoms with E-state index < -0.39 is 6.29 Å². The quantitative estimate of drug-likeness (QED) is 0.330. The molecule has 3 heteroatoms. The molecule has 0 radical (unpaired) electrons. The molecule has 3 nitrogen and oxygen atoms in total. The average Bonchev–Trinajstić information content (AvgIpc) is 2.32. The van der Waals surface area contributed by atoms with Crippen LogP contribution in [0.2, 0.25) is 0 Å². The third kappa shape index (κ3) is 6.09. The zero-order valence-electron chi connectivity index (χ0n) is 10.3. The van der Waals surface area contributed by atoms with Gasteiger partial charge in [-0.1, -0.05) is 31.6 Å². The molecule has 94 valence electrons. The van der Waals surface area contributed by atoms with Gasteiger partial charge in [0.25, 0.3) is 0 Å². The van der Waals surface area contributed by atoms with Crippen molar-refractivity contribution in [3.05, 3.63) is 42.0 Å². The molecule has 0 amide bonds. The molecule has 1 rings (SSSR count). The van der Waals surface area contributed by atoms with Gasteiger partial charge in [0.05, 0.1) is 6.61 Å². The molecule has 0 spiro atoms. The Morgan fingerprint density at radius 3 is 2.71 bits per heavy atom. The first kappa shape index (κ1) is 13.7. The maximum Gasteiger partial charge on any atom is 0.174 e. The summed E-state index contributed by atoms with van der Waals surface area (Å²) in [5.74, 6) is 0. The third-order valence-electron chi connectivity index (χ3n) is 2.42. The molecule has 0 aromatic heterocycles. The van der Waals surface area contributed by atoms with Gasteiger partial charge in [-0.25, -0.2) is 0 Å². The van der Waals surface area contributed by atoms with Gasteiger partial charge in [0.2, 0.25) is 0 Å². The van der Waals surface area contributed by atoms with Gasteiger partial charge in [-0.15, -0.1) is 0 Å². The Kier molecular flexibility index (Phi) is 6.37. The van der Waals surface area contributed by atoms with Crippen LogP contribution in [0.4, 0.5) is 5.69 Å². The van der Waals surface area contributed by atoms with Gasteiger partial charge in [-0.2, -0.15) is 0 Å². The maximum absolute atomic E-state index is 9.47. The Morgan fingerprint density at radius 2 is 2.06 bits per heavy atom. The number of unbranched alkanes of at least 4 members (excludes halogenated alkanes) is 1. The summed E-state index contributed by atoms with van der Waals surface area (Å²) >= 11 is 0. The highest BCUT2D eigenvalue weighted by molar-refractivity contribution is 5.39. The van der Waals surface area contributed by atoms with Crippen molar-refractivity contribution < 1.29 is 9.84 Å². The Bertz CT molecular complexity index is 333. The lowest BCUT2D eigenvalue weighted by Crippen LogP contribution is -2.09. The van der Waals surface area contributed by atoms with Crippen molar-refractivity contribution in [1.29, 1.82) is 0 Å². The van der Waals surface area contributed by atoms with Crippen LogP contribution in [0, 0.1) is 0 Å². The normalized spacial score (nSPS) is 13.1. The van der Waals surface area contributed by atoms with Crippen molar-refractivity contribution in [2.75, 3.05) is 12.3 Å². The minimum atomic E-state index is -0.796. The third-order valence-corrected chi connectivity index (χ3v) is 2.42. The average molecular weight is 235 g/mol. The SMILES string of the molecule is CCCCOC(O)C=CCc1ccc(N)cc1. The molecule has 0 aliphatic rings. The number of benzene rings is 1. The van der Waals surface area contributed by atoms with Crippen LogP contribution >= 0.6 is 0 Å². The van der Waals surface area contributed by atoms with E-state index in [2.05, 4.69) is 6.92 Å². The van der Waals surface area contributed by atoms with Gasteiger partial charge in [0.1, 0.15) is 0 Å². The van der Waals surface area contributed by atoms with E-state index in [1.807, 2.05) is 30.3 Å². The van der Waals surface area contributed by atoms with Gasteiger partial charge in [-0.05, 0) is 36.6 Å². The van der Waals surface area contributed by atoms with Gasteiger partial charge in [0, 0.05) is 5.69 Å². The number of hydrogen-bond donors (Lipinski definition) is 2. The molecule has 0 aliphatic carbocycles. The highest BCUT2D eigenvalue weighted by atomic mass is 16.6. The summed E-state index contributed by atoms with van der Waals surface area (Å²) in [5, 5.41) is 9.47. The van der Waals surface area contributed by atoms with Crippen LogP contribution < -0.4 is 5.73 Å². The van der Waals surface area contributed by atoms with Crippen molar-refractivity contribution in [2.24, 2.45) is 0 Å². The Labute approximate surface area is 103 Å². The number of nitrogens with two attached hydrogens (primary N) is 1. The zero-order chi connectivity index (χ0) is 12.5. The number of aliphatic hydroxyl groups is 1. The number of aliphatic hydroxyl groups excluding tert-OH is 1. The summed E-state index contributed by atoms with van der Waals surface area (Å²) < 4.78 is 5.19. The summed E-state index contributed by atoms with van der Waals surface area (Å²) in [6, 6.07) is 7.70. The highest BCUT2D eigenvalue weighted by Crippen LogP contribution is 2.06. The summed E-state index contributed by atoms with van der Waals surface area (Å²) in [4.78, 5) is 0. The van der Waals surface area contributed by atoms with Crippen LogP contribution in [0.1, 0.15) is 25.3 Å². The van der Waals surface area contributed by atoms with Crippen molar-refractivity contribution in [3.63, 3.8) is 0 Å². The molecular formula is C14H21NO2. The Hall–Kier alpha value is -1.32. The molecule has 3 N–H and O–H groups in total. The number of rotatable bonds is 7. The topological polar surface area (TPSA) is 55.5 Å². The molecule has 0 aliphatic heterocycles. The first-order chi connectivity index (χ1) is 8.22. The highest BCUT2D eigenvalue weighted by Gasteiger charge is 1.97. The van der Waals surface area contributed by atoms with E-state index in [1.54, 1.807) is 6.08 Å². The standard InChI is InChI=1S/C14H21NO2/c1-2-3-11-17-14(16)6-4-5-12-7-9-13(15)10-8-12/h4,6-10,14,16H,2-3,5,11,15H2,1H3. The molecule has 17 heavy (non-hydrogen) atoms. The van der Waals surface area contributed by atoms with Crippen LogP contribution in [0.15, 0.2) is 36.4 Å². The number of hydrogen-bond acceptors (Lipinski definition) is 3. The lowest BCUT2D eigenvalue weighted by molar-refractivity contribution is -0.0648. The number of nitrogen functional groups attached to an aromatic ring is 1. The summed E-state index contributed by atoms with van der Waals surface area (Å²) in [5.41, 5.74) is 7.52. The molecule has 0 heterocycles. The fraction of sp³-hybridized carbons (Fsp3) is 0.429. The molecule has 0 saturated carbocycles. The molecule has 0 bridgehead atoms. The number of allylic oxidation sites excluding steroid dienone is 1. The molecule has 1 atom stereocenters. The fourth-order valence-corrected chi connectivity index (χ4v) is 1.38. The van der Waals surface area contributed by atoms with Crippen LogP contribution in [0.25, 0.3) is 0 Å². The Morgan fingerprint density at radius 1 is 1.35 bits per heavy atom. The second-order valence-corrected chi connectivity index (χ2v) is 3.99. The van der Waals surface area contributed by atoms with E-state index >= 15 is 0 Å². The lowest BCUT2D eigenvalue weighted by Gasteiger charge is -2.06. The Balaban J connectivity index is 2.27. The van der Waals surface area contributed by atoms with Crippen LogP contribution in [-0.4, -0.2) is 18.0 Å². The van der Waals surface area contributed by atoms with Crippen molar-refractivity contribution >= 4 is 5.69 Å².